The van der Waals surface area contributed by atoms with Crippen molar-refractivity contribution in [3.05, 3.63) is 53.1 Å². The molecule has 0 heterocycles. The summed E-state index contributed by atoms with van der Waals surface area (Å²) in [5.74, 6) is 0.641. The second-order valence-electron chi connectivity index (χ2n) is 5.01. The fraction of sp³-hybridized carbons (Fsp3) is 0.235. The molecule has 0 aromatic heterocycles. The fourth-order valence-electron chi connectivity index (χ4n) is 2.00. The zero-order chi connectivity index (χ0) is 19.2. The molecule has 0 saturated heterocycles. The minimum absolute atomic E-state index is 0.00159. The van der Waals surface area contributed by atoms with Crippen LogP contribution in [-0.2, 0) is 14.8 Å². The van der Waals surface area contributed by atoms with E-state index < -0.39 is 16.0 Å². The second-order valence-corrected chi connectivity index (χ2v) is 7.27. The van der Waals surface area contributed by atoms with Crippen LogP contribution in [0.4, 0.5) is 0 Å². The number of benzene rings is 2. The van der Waals surface area contributed by atoms with Crippen molar-refractivity contribution in [3.63, 3.8) is 0 Å². The highest BCUT2D eigenvalue weighted by Gasteiger charge is 2.19. The zero-order valence-corrected chi connectivity index (χ0v) is 15.8. The molecule has 7 nitrogen and oxygen atoms in total. The Morgan fingerprint density at radius 1 is 1.08 bits per heavy atom. The largest absolute Gasteiger partial charge is 0.497 e. The summed E-state index contributed by atoms with van der Waals surface area (Å²) in [5.41, 5.74) is 0.0765. The molecule has 0 atom stereocenters. The van der Waals surface area contributed by atoms with Crippen molar-refractivity contribution in [1.82, 2.24) is 4.72 Å². The summed E-state index contributed by atoms with van der Waals surface area (Å²) in [6.07, 6.45) is 0. The smallest absolute Gasteiger partial charge is 0.338 e. The Morgan fingerprint density at radius 2 is 1.73 bits per heavy atom. The van der Waals surface area contributed by atoms with Crippen LogP contribution in [0.5, 0.6) is 11.5 Å². The van der Waals surface area contributed by atoms with Crippen LogP contribution >= 0.6 is 11.6 Å². The molecule has 0 spiro atoms. The van der Waals surface area contributed by atoms with Crippen LogP contribution in [0, 0.1) is 0 Å². The number of nitrogens with one attached hydrogen (secondary N) is 1. The van der Waals surface area contributed by atoms with Crippen molar-refractivity contribution in [1.29, 1.82) is 0 Å². The minimum Gasteiger partial charge on any atom is -0.497 e. The first-order valence-corrected chi connectivity index (χ1v) is 9.40. The van der Waals surface area contributed by atoms with E-state index >= 15 is 0 Å². The van der Waals surface area contributed by atoms with Crippen molar-refractivity contribution >= 4 is 27.6 Å². The second kappa shape index (κ2) is 8.88. The predicted octanol–water partition coefficient (Wildman–Crippen LogP) is 2.49. The molecule has 0 aliphatic heterocycles. The van der Waals surface area contributed by atoms with Gasteiger partial charge >= 0.3 is 5.97 Å². The van der Waals surface area contributed by atoms with Gasteiger partial charge in [0.2, 0.25) is 10.0 Å². The van der Waals surface area contributed by atoms with Crippen molar-refractivity contribution in [2.24, 2.45) is 0 Å². The SMILES string of the molecule is CNS(=O)(=O)c1cc(C(=O)OCCOc2ccc(OC)cc2)ccc1Cl. The lowest BCUT2D eigenvalue weighted by Gasteiger charge is -2.10. The summed E-state index contributed by atoms with van der Waals surface area (Å²) >= 11 is 5.88. The zero-order valence-electron chi connectivity index (χ0n) is 14.2. The predicted molar refractivity (Wildman–Crippen MR) is 96.5 cm³/mol. The monoisotopic (exact) mass is 399 g/mol. The highest BCUT2D eigenvalue weighted by Crippen LogP contribution is 2.23. The first kappa shape index (κ1) is 20.0. The van der Waals surface area contributed by atoms with E-state index in [1.54, 1.807) is 31.4 Å². The molecule has 1 N–H and O–H groups in total. The van der Waals surface area contributed by atoms with E-state index in [2.05, 4.69) is 4.72 Å². The van der Waals surface area contributed by atoms with E-state index in [9.17, 15) is 13.2 Å². The third-order valence-corrected chi connectivity index (χ3v) is 5.27. The average Bonchev–Trinajstić information content (AvgIpc) is 2.65. The molecule has 0 radical (unpaired) electrons. The van der Waals surface area contributed by atoms with Gasteiger partial charge in [0.15, 0.2) is 0 Å². The summed E-state index contributed by atoms with van der Waals surface area (Å²) in [6, 6.07) is 10.8. The van der Waals surface area contributed by atoms with Gasteiger partial charge in [-0.05, 0) is 49.5 Å². The molecule has 0 amide bonds. The Labute approximate surface area is 156 Å². The van der Waals surface area contributed by atoms with E-state index in [0.29, 0.717) is 11.5 Å². The highest BCUT2D eigenvalue weighted by atomic mass is 35.5. The van der Waals surface area contributed by atoms with Gasteiger partial charge in [0.05, 0.1) is 17.7 Å². The first-order chi connectivity index (χ1) is 12.4. The molecule has 0 fully saturated rings. The van der Waals surface area contributed by atoms with Gasteiger partial charge in [0, 0.05) is 0 Å². The van der Waals surface area contributed by atoms with Crippen LogP contribution in [0.1, 0.15) is 10.4 Å². The first-order valence-electron chi connectivity index (χ1n) is 7.54. The van der Waals surface area contributed by atoms with Crippen LogP contribution in [0.2, 0.25) is 5.02 Å². The number of sulfonamides is 1. The normalized spacial score (nSPS) is 11.0. The van der Waals surface area contributed by atoms with E-state index in [1.165, 1.54) is 25.2 Å². The van der Waals surface area contributed by atoms with Crippen LogP contribution in [0.25, 0.3) is 0 Å². The average molecular weight is 400 g/mol. The van der Waals surface area contributed by atoms with Crippen LogP contribution < -0.4 is 14.2 Å². The van der Waals surface area contributed by atoms with Gasteiger partial charge in [-0.1, -0.05) is 11.6 Å². The molecule has 0 bridgehead atoms. The molecule has 0 unspecified atom stereocenters. The highest BCUT2D eigenvalue weighted by molar-refractivity contribution is 7.89. The quantitative estimate of drug-likeness (QED) is 0.541. The lowest BCUT2D eigenvalue weighted by molar-refractivity contribution is 0.0450. The lowest BCUT2D eigenvalue weighted by atomic mass is 10.2. The summed E-state index contributed by atoms with van der Waals surface area (Å²) in [4.78, 5) is 11.9. The maximum Gasteiger partial charge on any atom is 0.338 e. The molecule has 2 aromatic carbocycles. The van der Waals surface area contributed by atoms with Crippen molar-refractivity contribution in [2.45, 2.75) is 4.90 Å². The molecular weight excluding hydrogens is 382 g/mol. The number of esters is 1. The third kappa shape index (κ3) is 5.10. The van der Waals surface area contributed by atoms with Crippen LogP contribution in [0.15, 0.2) is 47.4 Å². The Kier molecular flexibility index (Phi) is 6.84. The van der Waals surface area contributed by atoms with Crippen molar-refractivity contribution < 1.29 is 27.4 Å². The molecule has 2 rings (SSSR count). The third-order valence-electron chi connectivity index (χ3n) is 3.37. The molecule has 0 aliphatic carbocycles. The summed E-state index contributed by atoms with van der Waals surface area (Å²) < 4.78 is 41.5. The number of ether oxygens (including phenoxy) is 3. The van der Waals surface area contributed by atoms with Gasteiger partial charge < -0.3 is 14.2 Å². The maximum absolute atomic E-state index is 12.1. The van der Waals surface area contributed by atoms with Gasteiger partial charge in [-0.25, -0.2) is 17.9 Å². The number of hydrogen-bond donors (Lipinski definition) is 1. The number of methoxy groups -OCH3 is 1. The summed E-state index contributed by atoms with van der Waals surface area (Å²) in [7, 11) is -0.951. The van der Waals surface area contributed by atoms with Gasteiger partial charge in [-0.2, -0.15) is 0 Å². The standard InChI is InChI=1S/C17H18ClNO6S/c1-19-26(21,22)16-11-12(3-8-15(16)18)17(20)25-10-9-24-14-6-4-13(23-2)5-7-14/h3-8,11,19H,9-10H2,1-2H3. The molecule has 26 heavy (non-hydrogen) atoms. The Bertz CT molecular complexity index is 867. The Morgan fingerprint density at radius 3 is 2.35 bits per heavy atom. The molecule has 0 saturated carbocycles. The van der Waals surface area contributed by atoms with Crippen molar-refractivity contribution in [2.75, 3.05) is 27.4 Å². The van der Waals surface area contributed by atoms with Gasteiger partial charge in [-0.15, -0.1) is 0 Å². The molecule has 140 valence electrons. The number of hydrogen-bond acceptors (Lipinski definition) is 6. The maximum atomic E-state index is 12.1. The van der Waals surface area contributed by atoms with Crippen LogP contribution in [0.3, 0.4) is 0 Å². The minimum atomic E-state index is -3.78. The Hall–Kier alpha value is -2.29. The number of carbonyl (C=O) groups is 1. The number of halogens is 1. The Balaban J connectivity index is 1.92. The molecule has 9 heteroatoms. The molecule has 0 aliphatic rings. The van der Waals surface area contributed by atoms with E-state index in [1.807, 2.05) is 0 Å². The van der Waals surface area contributed by atoms with Gasteiger partial charge in [0.25, 0.3) is 0 Å². The van der Waals surface area contributed by atoms with Gasteiger partial charge in [-0.3, -0.25) is 0 Å². The van der Waals surface area contributed by atoms with Crippen molar-refractivity contribution in [3.8, 4) is 11.5 Å². The fourth-order valence-corrected chi connectivity index (χ4v) is 3.24. The van der Waals surface area contributed by atoms with E-state index in [0.717, 1.165) is 0 Å². The topological polar surface area (TPSA) is 90.9 Å². The summed E-state index contributed by atoms with van der Waals surface area (Å²) in [6.45, 7) is 0.148. The number of carbonyl (C=O) groups excluding carboxylic acids is 1. The number of rotatable bonds is 8. The lowest BCUT2D eigenvalue weighted by Crippen LogP contribution is -2.20. The van der Waals surface area contributed by atoms with Crippen LogP contribution in [-0.4, -0.2) is 41.8 Å². The summed E-state index contributed by atoms with van der Waals surface area (Å²) in [5, 5.41) is 0.0127. The van der Waals surface area contributed by atoms with Gasteiger partial charge in [0.1, 0.15) is 29.6 Å². The van der Waals surface area contributed by atoms with E-state index in [-0.39, 0.29) is 28.7 Å². The van der Waals surface area contributed by atoms with E-state index in [4.69, 9.17) is 25.8 Å². The molecular formula is C17H18ClNO6S. The molecule has 2 aromatic rings.